The maximum absolute atomic E-state index is 12.1. The van der Waals surface area contributed by atoms with Crippen LogP contribution in [0.3, 0.4) is 0 Å². The SMILES string of the molecule is COc1ccc(OCC(=O)NCCNC(=O)c2nc(-c3ccc(Cl)cc3)no2)cc1. The zero-order valence-electron chi connectivity index (χ0n) is 16.1. The van der Waals surface area contributed by atoms with E-state index in [-0.39, 0.29) is 37.3 Å². The zero-order valence-corrected chi connectivity index (χ0v) is 16.8. The summed E-state index contributed by atoms with van der Waals surface area (Å²) >= 11 is 5.84. The van der Waals surface area contributed by atoms with E-state index < -0.39 is 5.91 Å². The Morgan fingerprint density at radius 2 is 1.67 bits per heavy atom. The minimum Gasteiger partial charge on any atom is -0.497 e. The number of hydrogen-bond donors (Lipinski definition) is 2. The van der Waals surface area contributed by atoms with Gasteiger partial charge >= 0.3 is 11.8 Å². The second-order valence-corrected chi connectivity index (χ2v) is 6.44. The lowest BCUT2D eigenvalue weighted by Gasteiger charge is -2.08. The number of hydrogen-bond acceptors (Lipinski definition) is 7. The number of rotatable bonds is 9. The van der Waals surface area contributed by atoms with Crippen molar-refractivity contribution in [2.75, 3.05) is 26.8 Å². The number of ether oxygens (including phenoxy) is 2. The van der Waals surface area contributed by atoms with Gasteiger partial charge < -0.3 is 24.6 Å². The van der Waals surface area contributed by atoms with E-state index in [0.29, 0.717) is 22.1 Å². The summed E-state index contributed by atoms with van der Waals surface area (Å²) in [5.74, 6) is 0.500. The summed E-state index contributed by atoms with van der Waals surface area (Å²) in [6.07, 6.45) is 0. The zero-order chi connectivity index (χ0) is 21.3. The molecule has 0 atom stereocenters. The van der Waals surface area contributed by atoms with Gasteiger partial charge in [-0.15, -0.1) is 0 Å². The first-order valence-corrected chi connectivity index (χ1v) is 9.34. The molecule has 2 N–H and O–H groups in total. The number of nitrogens with one attached hydrogen (secondary N) is 2. The molecule has 1 heterocycles. The van der Waals surface area contributed by atoms with Crippen LogP contribution in [0.2, 0.25) is 5.02 Å². The highest BCUT2D eigenvalue weighted by Gasteiger charge is 2.15. The van der Waals surface area contributed by atoms with E-state index in [1.165, 1.54) is 0 Å². The molecule has 0 aliphatic carbocycles. The van der Waals surface area contributed by atoms with Crippen molar-refractivity contribution in [2.45, 2.75) is 0 Å². The molecule has 3 aromatic rings. The maximum atomic E-state index is 12.1. The Hall–Kier alpha value is -3.59. The third kappa shape index (κ3) is 5.95. The first-order chi connectivity index (χ1) is 14.5. The largest absolute Gasteiger partial charge is 0.497 e. The van der Waals surface area contributed by atoms with Crippen LogP contribution in [-0.4, -0.2) is 48.8 Å². The molecule has 2 aromatic carbocycles. The summed E-state index contributed by atoms with van der Waals surface area (Å²) in [7, 11) is 1.57. The molecule has 0 unspecified atom stereocenters. The Kier molecular flexibility index (Phi) is 7.23. The van der Waals surface area contributed by atoms with Gasteiger partial charge in [0.25, 0.3) is 5.91 Å². The summed E-state index contributed by atoms with van der Waals surface area (Å²) in [5.41, 5.74) is 0.673. The minimum atomic E-state index is -0.536. The summed E-state index contributed by atoms with van der Waals surface area (Å²) in [6, 6.07) is 13.7. The molecule has 0 bridgehead atoms. The molecule has 0 saturated carbocycles. The van der Waals surface area contributed by atoms with E-state index >= 15 is 0 Å². The average molecular weight is 431 g/mol. The van der Waals surface area contributed by atoms with Gasteiger partial charge in [-0.1, -0.05) is 16.8 Å². The molecule has 0 fully saturated rings. The van der Waals surface area contributed by atoms with Crippen LogP contribution in [0.5, 0.6) is 11.5 Å². The van der Waals surface area contributed by atoms with Gasteiger partial charge in [-0.25, -0.2) is 0 Å². The molecule has 156 valence electrons. The lowest BCUT2D eigenvalue weighted by molar-refractivity contribution is -0.123. The molecule has 30 heavy (non-hydrogen) atoms. The van der Waals surface area contributed by atoms with Crippen molar-refractivity contribution < 1.29 is 23.6 Å². The fraction of sp³-hybridized carbons (Fsp3) is 0.200. The topological polar surface area (TPSA) is 116 Å². The first-order valence-electron chi connectivity index (χ1n) is 8.96. The molecule has 0 aliphatic rings. The van der Waals surface area contributed by atoms with Gasteiger partial charge in [0.1, 0.15) is 11.5 Å². The van der Waals surface area contributed by atoms with E-state index in [2.05, 4.69) is 20.8 Å². The van der Waals surface area contributed by atoms with Crippen molar-refractivity contribution in [1.82, 2.24) is 20.8 Å². The first kappa shape index (κ1) is 21.1. The second-order valence-electron chi connectivity index (χ2n) is 6.00. The van der Waals surface area contributed by atoms with Gasteiger partial charge in [0.15, 0.2) is 6.61 Å². The average Bonchev–Trinajstić information content (AvgIpc) is 3.26. The highest BCUT2D eigenvalue weighted by molar-refractivity contribution is 6.30. The number of carbonyl (C=O) groups excluding carboxylic acids is 2. The van der Waals surface area contributed by atoms with Gasteiger partial charge in [0.05, 0.1) is 7.11 Å². The van der Waals surface area contributed by atoms with Crippen molar-refractivity contribution in [2.24, 2.45) is 0 Å². The van der Waals surface area contributed by atoms with E-state index in [0.717, 1.165) is 0 Å². The Morgan fingerprint density at radius 1 is 1.00 bits per heavy atom. The number of amides is 2. The molecule has 0 radical (unpaired) electrons. The predicted molar refractivity (Wildman–Crippen MR) is 109 cm³/mol. The second kappa shape index (κ2) is 10.3. The molecule has 10 heteroatoms. The Morgan fingerprint density at radius 3 is 2.37 bits per heavy atom. The Bertz CT molecular complexity index is 989. The fourth-order valence-electron chi connectivity index (χ4n) is 2.36. The third-order valence-corrected chi connectivity index (χ3v) is 4.14. The molecule has 0 spiro atoms. The molecular weight excluding hydrogens is 412 g/mol. The lowest BCUT2D eigenvalue weighted by Crippen LogP contribution is -2.36. The van der Waals surface area contributed by atoms with Crippen LogP contribution in [0, 0.1) is 0 Å². The molecule has 3 rings (SSSR count). The third-order valence-electron chi connectivity index (χ3n) is 3.88. The van der Waals surface area contributed by atoms with Crippen molar-refractivity contribution >= 4 is 23.4 Å². The van der Waals surface area contributed by atoms with Crippen LogP contribution < -0.4 is 20.1 Å². The minimum absolute atomic E-state index is 0.144. The molecule has 0 saturated heterocycles. The van der Waals surface area contributed by atoms with Crippen LogP contribution in [0.15, 0.2) is 53.1 Å². The molecule has 1 aromatic heterocycles. The van der Waals surface area contributed by atoms with Crippen molar-refractivity contribution in [1.29, 1.82) is 0 Å². The lowest BCUT2D eigenvalue weighted by atomic mass is 10.2. The molecule has 2 amide bonds. The highest BCUT2D eigenvalue weighted by atomic mass is 35.5. The normalized spacial score (nSPS) is 10.3. The smallest absolute Gasteiger partial charge is 0.316 e. The van der Waals surface area contributed by atoms with Gasteiger partial charge in [0, 0.05) is 23.7 Å². The van der Waals surface area contributed by atoms with Gasteiger partial charge in [-0.3, -0.25) is 9.59 Å². The fourth-order valence-corrected chi connectivity index (χ4v) is 2.48. The number of carbonyl (C=O) groups is 2. The van der Waals surface area contributed by atoms with Crippen LogP contribution in [-0.2, 0) is 4.79 Å². The van der Waals surface area contributed by atoms with Crippen LogP contribution in [0.25, 0.3) is 11.4 Å². The quantitative estimate of drug-likeness (QED) is 0.500. The van der Waals surface area contributed by atoms with Crippen molar-refractivity contribution in [3.05, 3.63) is 59.4 Å². The monoisotopic (exact) mass is 430 g/mol. The number of nitrogens with zero attached hydrogens (tertiary/aromatic N) is 2. The van der Waals surface area contributed by atoms with Crippen LogP contribution in [0.4, 0.5) is 0 Å². The number of halogens is 1. The summed E-state index contributed by atoms with van der Waals surface area (Å²) in [6.45, 7) is 0.259. The summed E-state index contributed by atoms with van der Waals surface area (Å²) in [5, 5.41) is 9.58. The summed E-state index contributed by atoms with van der Waals surface area (Å²) < 4.78 is 15.4. The number of aromatic nitrogens is 2. The number of benzene rings is 2. The van der Waals surface area contributed by atoms with E-state index in [9.17, 15) is 9.59 Å². The van der Waals surface area contributed by atoms with Crippen molar-refractivity contribution in [3.8, 4) is 22.9 Å². The van der Waals surface area contributed by atoms with Gasteiger partial charge in [-0.05, 0) is 48.5 Å². The number of methoxy groups -OCH3 is 1. The summed E-state index contributed by atoms with van der Waals surface area (Å²) in [4.78, 5) is 27.9. The molecule has 0 aliphatic heterocycles. The van der Waals surface area contributed by atoms with Crippen LogP contribution in [0.1, 0.15) is 10.7 Å². The molecular formula is C20H19ClN4O5. The Labute approximate surface area is 177 Å². The van der Waals surface area contributed by atoms with Crippen LogP contribution >= 0.6 is 11.6 Å². The van der Waals surface area contributed by atoms with E-state index in [4.69, 9.17) is 25.6 Å². The Balaban J connectivity index is 1.37. The predicted octanol–water partition coefficient (Wildman–Crippen LogP) is 2.32. The maximum Gasteiger partial charge on any atom is 0.316 e. The molecule has 9 nitrogen and oxygen atoms in total. The van der Waals surface area contributed by atoms with E-state index in [1.807, 2.05) is 0 Å². The van der Waals surface area contributed by atoms with Crippen molar-refractivity contribution in [3.63, 3.8) is 0 Å². The van der Waals surface area contributed by atoms with Gasteiger partial charge in [-0.2, -0.15) is 4.98 Å². The van der Waals surface area contributed by atoms with E-state index in [1.54, 1.807) is 55.6 Å². The highest BCUT2D eigenvalue weighted by Crippen LogP contribution is 2.18. The standard InChI is InChI=1S/C20H19ClN4O5/c1-28-15-6-8-16(9-7-15)29-12-17(26)22-10-11-23-19(27)20-24-18(25-30-20)13-2-4-14(21)5-3-13/h2-9H,10-12H2,1H3,(H,22,26)(H,23,27). The van der Waals surface area contributed by atoms with Gasteiger partial charge in [0.2, 0.25) is 5.82 Å².